The predicted octanol–water partition coefficient (Wildman–Crippen LogP) is 4.21. The Bertz CT molecular complexity index is 1290. The minimum atomic E-state index is 0.448. The third kappa shape index (κ3) is 4.18. The second-order valence-electron chi connectivity index (χ2n) is 7.69. The fourth-order valence-corrected chi connectivity index (χ4v) is 4.82. The molecule has 10 heteroatoms. The number of fused-ring (bicyclic) bond motifs is 1. The lowest BCUT2D eigenvalue weighted by molar-refractivity contribution is 0.355. The van der Waals surface area contributed by atoms with Gasteiger partial charge in [0, 0.05) is 11.8 Å². The summed E-state index contributed by atoms with van der Waals surface area (Å²) in [6.07, 6.45) is 6.09. The molecule has 5 rings (SSSR count). The molecule has 0 radical (unpaired) electrons. The average Bonchev–Trinajstić information content (AvgIpc) is 3.47. The zero-order valence-electron chi connectivity index (χ0n) is 18.7. The van der Waals surface area contributed by atoms with Gasteiger partial charge < -0.3 is 14.0 Å². The summed E-state index contributed by atoms with van der Waals surface area (Å²) in [5.74, 6) is 3.38. The van der Waals surface area contributed by atoms with Gasteiger partial charge in [-0.05, 0) is 50.3 Å². The van der Waals surface area contributed by atoms with Crippen LogP contribution >= 0.6 is 11.8 Å². The molecule has 1 aliphatic rings. The highest BCUT2D eigenvalue weighted by atomic mass is 32.2. The molecule has 1 aromatic carbocycles. The Balaban J connectivity index is 1.34. The monoisotopic (exact) mass is 464 g/mol. The highest BCUT2D eigenvalue weighted by molar-refractivity contribution is 7.98. The van der Waals surface area contributed by atoms with Crippen molar-refractivity contribution in [1.29, 1.82) is 0 Å². The molecule has 9 nitrogen and oxygen atoms in total. The maximum atomic E-state index is 5.48. The molecule has 0 unspecified atom stereocenters. The largest absolute Gasteiger partial charge is 0.493 e. The lowest BCUT2D eigenvalue weighted by Crippen LogP contribution is -2.09. The fourth-order valence-electron chi connectivity index (χ4n) is 4.12. The highest BCUT2D eigenvalue weighted by Gasteiger charge is 2.21. The molecule has 33 heavy (non-hydrogen) atoms. The SMILES string of the molecule is COc1cccc(-c2noc(CSc3cc(-n4nc(C)c5c4CCCC5)ncn3)n2)c1OC. The number of methoxy groups -OCH3 is 2. The zero-order valence-corrected chi connectivity index (χ0v) is 19.6. The second-order valence-corrected chi connectivity index (χ2v) is 8.68. The van der Waals surface area contributed by atoms with Crippen molar-refractivity contribution in [3.8, 4) is 28.7 Å². The van der Waals surface area contributed by atoms with Crippen LogP contribution in [0.2, 0.25) is 0 Å². The van der Waals surface area contributed by atoms with Crippen LogP contribution < -0.4 is 9.47 Å². The molecule has 0 amide bonds. The lowest BCUT2D eigenvalue weighted by atomic mass is 9.96. The van der Waals surface area contributed by atoms with E-state index in [2.05, 4.69) is 27.0 Å². The summed E-state index contributed by atoms with van der Waals surface area (Å²) < 4.78 is 18.3. The molecule has 0 fully saturated rings. The number of para-hydroxylation sites is 1. The third-order valence-corrected chi connectivity index (χ3v) is 6.59. The van der Waals surface area contributed by atoms with Crippen molar-refractivity contribution < 1.29 is 14.0 Å². The van der Waals surface area contributed by atoms with Gasteiger partial charge in [0.1, 0.15) is 11.4 Å². The first-order valence-electron chi connectivity index (χ1n) is 10.7. The molecule has 3 aromatic heterocycles. The van der Waals surface area contributed by atoms with Crippen molar-refractivity contribution >= 4 is 11.8 Å². The minimum Gasteiger partial charge on any atom is -0.493 e. The lowest BCUT2D eigenvalue weighted by Gasteiger charge is -2.13. The number of aromatic nitrogens is 6. The predicted molar refractivity (Wildman–Crippen MR) is 123 cm³/mol. The van der Waals surface area contributed by atoms with Crippen LogP contribution in [0, 0.1) is 6.92 Å². The van der Waals surface area contributed by atoms with Gasteiger partial charge in [-0.15, -0.1) is 0 Å². The molecule has 0 bridgehead atoms. The minimum absolute atomic E-state index is 0.448. The van der Waals surface area contributed by atoms with Crippen LogP contribution in [0.5, 0.6) is 11.5 Å². The van der Waals surface area contributed by atoms with Crippen molar-refractivity contribution in [1.82, 2.24) is 29.9 Å². The van der Waals surface area contributed by atoms with E-state index in [4.69, 9.17) is 19.1 Å². The maximum absolute atomic E-state index is 5.48. The first kappa shape index (κ1) is 21.4. The van der Waals surface area contributed by atoms with Gasteiger partial charge in [-0.2, -0.15) is 10.1 Å². The van der Waals surface area contributed by atoms with Crippen molar-refractivity contribution in [2.45, 2.75) is 43.4 Å². The van der Waals surface area contributed by atoms with E-state index >= 15 is 0 Å². The Labute approximate surface area is 195 Å². The molecule has 170 valence electrons. The van der Waals surface area contributed by atoms with Crippen LogP contribution in [0.15, 0.2) is 40.1 Å². The molecule has 0 aliphatic heterocycles. The molecule has 4 aromatic rings. The first-order valence-corrected chi connectivity index (χ1v) is 11.7. The van der Waals surface area contributed by atoms with Gasteiger partial charge in [-0.25, -0.2) is 14.6 Å². The first-order chi connectivity index (χ1) is 16.2. The van der Waals surface area contributed by atoms with E-state index in [0.717, 1.165) is 29.4 Å². The number of rotatable bonds is 7. The number of benzene rings is 1. The second kappa shape index (κ2) is 9.22. The van der Waals surface area contributed by atoms with Crippen molar-refractivity contribution in [2.75, 3.05) is 14.2 Å². The van der Waals surface area contributed by atoms with E-state index in [1.807, 2.05) is 28.9 Å². The van der Waals surface area contributed by atoms with Crippen LogP contribution in [0.4, 0.5) is 0 Å². The fraction of sp³-hybridized carbons (Fsp3) is 0.348. The topological polar surface area (TPSA) is 101 Å². The van der Waals surface area contributed by atoms with Gasteiger partial charge in [-0.3, -0.25) is 0 Å². The van der Waals surface area contributed by atoms with E-state index in [1.54, 1.807) is 20.5 Å². The van der Waals surface area contributed by atoms with Gasteiger partial charge >= 0.3 is 0 Å². The normalized spacial score (nSPS) is 13.1. The Morgan fingerprint density at radius 2 is 2.00 bits per heavy atom. The molecule has 0 saturated carbocycles. The Hall–Kier alpha value is -3.40. The third-order valence-electron chi connectivity index (χ3n) is 5.68. The molecular formula is C23H24N6O3S. The Morgan fingerprint density at radius 1 is 1.12 bits per heavy atom. The summed E-state index contributed by atoms with van der Waals surface area (Å²) >= 11 is 1.51. The summed E-state index contributed by atoms with van der Waals surface area (Å²) in [5.41, 5.74) is 4.42. The summed E-state index contributed by atoms with van der Waals surface area (Å²) in [6, 6.07) is 7.50. The molecule has 0 N–H and O–H groups in total. The number of hydrogen-bond acceptors (Lipinski definition) is 9. The van der Waals surface area contributed by atoms with Crippen LogP contribution in [0.25, 0.3) is 17.2 Å². The summed E-state index contributed by atoms with van der Waals surface area (Å²) in [4.78, 5) is 13.4. The van der Waals surface area contributed by atoms with Gasteiger partial charge in [0.2, 0.25) is 11.7 Å². The standard InChI is InChI=1S/C23H24N6O3S/c1-14-15-7-4-5-9-17(15)29(27-14)19-11-21(25-13-24-19)33-12-20-26-23(28-32-20)16-8-6-10-18(30-2)22(16)31-3/h6,8,10-11,13H,4-5,7,9,12H2,1-3H3. The number of hydrogen-bond donors (Lipinski definition) is 0. The van der Waals surface area contributed by atoms with Gasteiger partial charge in [0.05, 0.1) is 31.2 Å². The van der Waals surface area contributed by atoms with Crippen molar-refractivity contribution in [2.24, 2.45) is 0 Å². The van der Waals surface area contributed by atoms with Crippen molar-refractivity contribution in [3.05, 3.63) is 53.4 Å². The summed E-state index contributed by atoms with van der Waals surface area (Å²) in [7, 11) is 3.18. The number of nitrogens with zero attached hydrogens (tertiary/aromatic N) is 6. The van der Waals surface area contributed by atoms with E-state index in [0.29, 0.717) is 34.5 Å². The molecular weight excluding hydrogens is 440 g/mol. The zero-order chi connectivity index (χ0) is 22.8. The van der Waals surface area contributed by atoms with Crippen LogP contribution in [0.1, 0.15) is 35.7 Å². The van der Waals surface area contributed by atoms with Gasteiger partial charge in [0.25, 0.3) is 0 Å². The summed E-state index contributed by atoms with van der Waals surface area (Å²) in [6.45, 7) is 2.07. The number of thioether (sulfide) groups is 1. The van der Waals surface area contributed by atoms with E-state index in [1.165, 1.54) is 35.9 Å². The molecule has 0 saturated heterocycles. The quantitative estimate of drug-likeness (QED) is 0.294. The number of ether oxygens (including phenoxy) is 2. The van der Waals surface area contributed by atoms with Crippen LogP contribution in [-0.2, 0) is 18.6 Å². The Kier molecular flexibility index (Phi) is 5.99. The maximum Gasteiger partial charge on any atom is 0.237 e. The molecule has 0 atom stereocenters. The average molecular weight is 465 g/mol. The number of aryl methyl sites for hydroxylation is 1. The van der Waals surface area contributed by atoms with E-state index < -0.39 is 0 Å². The van der Waals surface area contributed by atoms with Gasteiger partial charge in [0.15, 0.2) is 17.3 Å². The van der Waals surface area contributed by atoms with Crippen LogP contribution in [-0.4, -0.2) is 44.1 Å². The molecule has 1 aliphatic carbocycles. The van der Waals surface area contributed by atoms with E-state index in [-0.39, 0.29) is 0 Å². The smallest absolute Gasteiger partial charge is 0.237 e. The Morgan fingerprint density at radius 3 is 2.85 bits per heavy atom. The molecule has 0 spiro atoms. The highest BCUT2D eigenvalue weighted by Crippen LogP contribution is 2.36. The van der Waals surface area contributed by atoms with Gasteiger partial charge in [-0.1, -0.05) is 23.0 Å². The van der Waals surface area contributed by atoms with Crippen LogP contribution in [0.3, 0.4) is 0 Å². The van der Waals surface area contributed by atoms with E-state index in [9.17, 15) is 0 Å². The van der Waals surface area contributed by atoms with Crippen molar-refractivity contribution in [3.63, 3.8) is 0 Å². The molecule has 3 heterocycles. The summed E-state index contributed by atoms with van der Waals surface area (Å²) in [5, 5.41) is 9.68.